The molecule has 0 aliphatic rings. The molecule has 0 unspecified atom stereocenters. The van der Waals surface area contributed by atoms with Gasteiger partial charge in [-0.15, -0.1) is 0 Å². The third-order valence-corrected chi connectivity index (χ3v) is 5.43. The molecule has 0 amide bonds. The average Bonchev–Trinajstić information content (AvgIpc) is 2.54. The van der Waals surface area contributed by atoms with E-state index in [-0.39, 0.29) is 22.8 Å². The molecule has 0 aromatic heterocycles. The highest BCUT2D eigenvalue weighted by atomic mass is 32.2. The normalized spacial score (nSPS) is 12.4. The van der Waals surface area contributed by atoms with Gasteiger partial charge < -0.3 is 0 Å². The smallest absolute Gasteiger partial charge is 0.295 e. The topological polar surface area (TPSA) is 54.5 Å². The molecule has 25 heavy (non-hydrogen) atoms. The van der Waals surface area contributed by atoms with Crippen LogP contribution in [0.1, 0.15) is 28.4 Å². The zero-order valence-electron chi connectivity index (χ0n) is 13.5. The van der Waals surface area contributed by atoms with Crippen LogP contribution in [-0.2, 0) is 22.7 Å². The molecule has 0 bridgehead atoms. The predicted molar refractivity (Wildman–Crippen MR) is 86.5 cm³/mol. The van der Waals surface area contributed by atoms with Gasteiger partial charge in [-0.25, -0.2) is 8.42 Å². The molecule has 0 saturated carbocycles. The zero-order valence-corrected chi connectivity index (χ0v) is 14.4. The molecule has 4 nitrogen and oxygen atoms in total. The molecule has 0 fully saturated rings. The van der Waals surface area contributed by atoms with Crippen molar-refractivity contribution < 1.29 is 26.4 Å². The third kappa shape index (κ3) is 4.46. The third-order valence-electron chi connectivity index (χ3n) is 3.64. The molecule has 0 aliphatic heterocycles. The molecule has 0 N–H and O–H groups in total. The summed E-state index contributed by atoms with van der Waals surface area (Å²) >= 11 is 0. The van der Waals surface area contributed by atoms with Gasteiger partial charge in [-0.05, 0) is 36.8 Å². The highest BCUT2D eigenvalue weighted by molar-refractivity contribution is 7.89. The van der Waals surface area contributed by atoms with Crippen LogP contribution in [0.25, 0.3) is 0 Å². The van der Waals surface area contributed by atoms with E-state index in [1.165, 1.54) is 50.4 Å². The number of ketones is 1. The first kappa shape index (κ1) is 19.1. The summed E-state index contributed by atoms with van der Waals surface area (Å²) in [5.74, 6) is -0.262. The number of rotatable bonds is 5. The Hall–Kier alpha value is -2.19. The van der Waals surface area contributed by atoms with Crippen LogP contribution in [0.3, 0.4) is 0 Å². The minimum absolute atomic E-state index is 0.0467. The number of carbonyl (C=O) groups excluding carboxylic acids is 1. The number of alkyl halides is 3. The Bertz CT molecular complexity index is 875. The van der Waals surface area contributed by atoms with Crippen LogP contribution in [0, 0.1) is 0 Å². The number of sulfonamides is 1. The zero-order chi connectivity index (χ0) is 18.8. The van der Waals surface area contributed by atoms with Crippen LogP contribution in [0.2, 0.25) is 0 Å². The van der Waals surface area contributed by atoms with E-state index in [0.717, 1.165) is 16.4 Å². The summed E-state index contributed by atoms with van der Waals surface area (Å²) < 4.78 is 63.9. The van der Waals surface area contributed by atoms with Crippen LogP contribution in [0.4, 0.5) is 13.2 Å². The summed E-state index contributed by atoms with van der Waals surface area (Å²) in [4.78, 5) is 11.4. The van der Waals surface area contributed by atoms with Gasteiger partial charge in [0.25, 0.3) is 0 Å². The lowest BCUT2D eigenvalue weighted by molar-refractivity contribution is -0.137. The molecule has 0 saturated heterocycles. The SMILES string of the molecule is CC(=O)c1cccc(S(=O)(=O)N(C)Cc2ccc(C(F)(F)F)cc2)c1. The molecule has 2 rings (SSSR count). The monoisotopic (exact) mass is 371 g/mol. The van der Waals surface area contributed by atoms with Gasteiger partial charge in [-0.1, -0.05) is 24.3 Å². The summed E-state index contributed by atoms with van der Waals surface area (Å²) in [7, 11) is -2.55. The van der Waals surface area contributed by atoms with E-state index < -0.39 is 21.8 Å². The Labute approximate surface area is 143 Å². The second-order valence-electron chi connectivity index (χ2n) is 5.54. The summed E-state index contributed by atoms with van der Waals surface area (Å²) in [6, 6.07) is 9.92. The Kier molecular flexibility index (Phi) is 5.34. The molecule has 2 aromatic rings. The number of nitrogens with zero attached hydrogens (tertiary/aromatic N) is 1. The van der Waals surface area contributed by atoms with Crippen molar-refractivity contribution in [3.63, 3.8) is 0 Å². The quantitative estimate of drug-likeness (QED) is 0.753. The van der Waals surface area contributed by atoms with Gasteiger partial charge in [0, 0.05) is 19.2 Å². The van der Waals surface area contributed by atoms with Crippen LogP contribution in [0.5, 0.6) is 0 Å². The van der Waals surface area contributed by atoms with Crippen LogP contribution < -0.4 is 0 Å². The number of hydrogen-bond donors (Lipinski definition) is 0. The predicted octanol–water partition coefficient (Wildman–Crippen LogP) is 3.73. The number of halogens is 3. The molecule has 0 heterocycles. The van der Waals surface area contributed by atoms with Crippen molar-refractivity contribution in [3.8, 4) is 0 Å². The number of hydrogen-bond acceptors (Lipinski definition) is 3. The Morgan fingerprint density at radius 2 is 1.68 bits per heavy atom. The molecule has 0 spiro atoms. The van der Waals surface area contributed by atoms with Crippen molar-refractivity contribution in [2.24, 2.45) is 0 Å². The minimum Gasteiger partial charge on any atom is -0.295 e. The fraction of sp³-hybridized carbons (Fsp3) is 0.235. The first-order valence-electron chi connectivity index (χ1n) is 7.25. The maximum atomic E-state index is 12.6. The van der Waals surface area contributed by atoms with Gasteiger partial charge in [-0.2, -0.15) is 17.5 Å². The van der Waals surface area contributed by atoms with E-state index in [9.17, 15) is 26.4 Å². The van der Waals surface area contributed by atoms with E-state index in [0.29, 0.717) is 5.56 Å². The van der Waals surface area contributed by atoms with Gasteiger partial charge in [0.05, 0.1) is 10.5 Å². The molecule has 0 radical (unpaired) electrons. The largest absolute Gasteiger partial charge is 0.416 e. The van der Waals surface area contributed by atoms with Crippen molar-refractivity contribution >= 4 is 15.8 Å². The lowest BCUT2D eigenvalue weighted by Crippen LogP contribution is -2.26. The molecule has 2 aromatic carbocycles. The van der Waals surface area contributed by atoms with Gasteiger partial charge in [0.15, 0.2) is 5.78 Å². The molecule has 0 atom stereocenters. The van der Waals surface area contributed by atoms with E-state index in [2.05, 4.69) is 0 Å². The summed E-state index contributed by atoms with van der Waals surface area (Å²) in [6.45, 7) is 1.24. The van der Waals surface area contributed by atoms with Gasteiger partial charge in [0.1, 0.15) is 0 Å². The van der Waals surface area contributed by atoms with Gasteiger partial charge >= 0.3 is 6.18 Å². The van der Waals surface area contributed by atoms with Crippen molar-refractivity contribution in [3.05, 3.63) is 65.2 Å². The molecule has 8 heteroatoms. The fourth-order valence-electron chi connectivity index (χ4n) is 2.20. The van der Waals surface area contributed by atoms with Crippen molar-refractivity contribution in [1.82, 2.24) is 4.31 Å². The fourth-order valence-corrected chi connectivity index (χ4v) is 3.40. The van der Waals surface area contributed by atoms with Crippen molar-refractivity contribution in [2.75, 3.05) is 7.05 Å². The summed E-state index contributed by atoms with van der Waals surface area (Å²) in [6.07, 6.45) is -4.44. The maximum absolute atomic E-state index is 12.6. The number of benzene rings is 2. The van der Waals surface area contributed by atoms with Crippen molar-refractivity contribution in [1.29, 1.82) is 0 Å². The van der Waals surface area contributed by atoms with Gasteiger partial charge in [-0.3, -0.25) is 4.79 Å². The second-order valence-corrected chi connectivity index (χ2v) is 7.58. The van der Waals surface area contributed by atoms with E-state index in [1.54, 1.807) is 0 Å². The first-order chi connectivity index (χ1) is 11.5. The van der Waals surface area contributed by atoms with Gasteiger partial charge in [0.2, 0.25) is 10.0 Å². The Morgan fingerprint density at radius 3 is 2.20 bits per heavy atom. The van der Waals surface area contributed by atoms with Crippen LogP contribution >= 0.6 is 0 Å². The Balaban J connectivity index is 2.23. The molecular weight excluding hydrogens is 355 g/mol. The van der Waals surface area contributed by atoms with E-state index >= 15 is 0 Å². The van der Waals surface area contributed by atoms with E-state index in [1.807, 2.05) is 0 Å². The highest BCUT2D eigenvalue weighted by Gasteiger charge is 2.30. The molecule has 134 valence electrons. The lowest BCUT2D eigenvalue weighted by atomic mass is 10.1. The van der Waals surface area contributed by atoms with E-state index in [4.69, 9.17) is 0 Å². The summed E-state index contributed by atoms with van der Waals surface area (Å²) in [5, 5.41) is 0. The molecule has 0 aliphatic carbocycles. The highest BCUT2D eigenvalue weighted by Crippen LogP contribution is 2.29. The minimum atomic E-state index is -4.44. The van der Waals surface area contributed by atoms with Crippen LogP contribution in [-0.4, -0.2) is 25.6 Å². The first-order valence-corrected chi connectivity index (χ1v) is 8.69. The number of Topliss-reactive ketones (excluding diaryl/α,β-unsaturated/α-hetero) is 1. The standard InChI is InChI=1S/C17H16F3NO3S/c1-12(22)14-4-3-5-16(10-14)25(23,24)21(2)11-13-6-8-15(9-7-13)17(18,19)20/h3-10H,11H2,1-2H3. The molecular formula is C17H16F3NO3S. The number of carbonyl (C=O) groups is 1. The maximum Gasteiger partial charge on any atom is 0.416 e. The average molecular weight is 371 g/mol. The lowest BCUT2D eigenvalue weighted by Gasteiger charge is -2.18. The summed E-state index contributed by atoms with van der Waals surface area (Å²) in [5.41, 5.74) is -0.110. The Morgan fingerprint density at radius 1 is 1.08 bits per heavy atom. The van der Waals surface area contributed by atoms with Crippen LogP contribution in [0.15, 0.2) is 53.4 Å². The second kappa shape index (κ2) is 6.97. The van der Waals surface area contributed by atoms with Crippen molar-refractivity contribution in [2.45, 2.75) is 24.5 Å².